The number of hydrogen-bond donors (Lipinski definition) is 1. The van der Waals surface area contributed by atoms with Crippen molar-refractivity contribution in [1.82, 2.24) is 0 Å². The van der Waals surface area contributed by atoms with E-state index in [1.165, 1.54) is 11.1 Å². The van der Waals surface area contributed by atoms with E-state index in [-0.39, 0.29) is 6.54 Å². The molecule has 0 saturated heterocycles. The molecule has 0 spiro atoms. The number of benzene rings is 1. The number of carboxylic acids is 1. The standard InChI is InChI=1S/C16H15NO2/c1-13-4-2-3-5-15(13)7-6-14-8-10-17(11-9-14)12-16(18)19/h2-11H,12H2,1H3/p+1/b7-6-. The maximum absolute atomic E-state index is 10.6. The van der Waals surface area contributed by atoms with Crippen LogP contribution >= 0.6 is 0 Å². The van der Waals surface area contributed by atoms with E-state index in [1.807, 2.05) is 30.3 Å². The third-order valence-corrected chi connectivity index (χ3v) is 2.88. The van der Waals surface area contributed by atoms with Crippen LogP contribution in [0.1, 0.15) is 16.7 Å². The number of carbonyl (C=O) groups is 1. The van der Waals surface area contributed by atoms with Gasteiger partial charge in [0.1, 0.15) is 0 Å². The van der Waals surface area contributed by atoms with E-state index in [0.29, 0.717) is 0 Å². The third kappa shape index (κ3) is 3.78. The van der Waals surface area contributed by atoms with Crippen LogP contribution in [0.25, 0.3) is 12.2 Å². The highest BCUT2D eigenvalue weighted by Crippen LogP contribution is 2.11. The normalized spacial score (nSPS) is 10.8. The lowest BCUT2D eigenvalue weighted by Gasteiger charge is -1.98. The van der Waals surface area contributed by atoms with Crippen LogP contribution in [0.15, 0.2) is 48.8 Å². The van der Waals surface area contributed by atoms with Crippen molar-refractivity contribution in [3.63, 3.8) is 0 Å². The van der Waals surface area contributed by atoms with Gasteiger partial charge in [0.05, 0.1) is 0 Å². The lowest BCUT2D eigenvalue weighted by Crippen LogP contribution is -2.36. The summed E-state index contributed by atoms with van der Waals surface area (Å²) in [6, 6.07) is 12.0. The van der Waals surface area contributed by atoms with Crippen molar-refractivity contribution < 1.29 is 14.5 Å². The molecule has 0 aliphatic carbocycles. The third-order valence-electron chi connectivity index (χ3n) is 2.88. The number of pyridine rings is 1. The second-order valence-electron chi connectivity index (χ2n) is 4.39. The average molecular weight is 254 g/mol. The molecule has 0 bridgehead atoms. The van der Waals surface area contributed by atoms with Crippen LogP contribution in [-0.2, 0) is 11.3 Å². The van der Waals surface area contributed by atoms with Crippen molar-refractivity contribution in [2.75, 3.05) is 0 Å². The molecule has 0 radical (unpaired) electrons. The summed E-state index contributed by atoms with van der Waals surface area (Å²) in [6.45, 7) is 2.06. The molecule has 0 fully saturated rings. The minimum absolute atomic E-state index is 0.0121. The molecule has 0 aliphatic rings. The van der Waals surface area contributed by atoms with Gasteiger partial charge in [0, 0.05) is 12.1 Å². The predicted molar refractivity (Wildman–Crippen MR) is 74.4 cm³/mol. The molecule has 3 heteroatoms. The smallest absolute Gasteiger partial charge is 0.370 e. The first-order valence-electron chi connectivity index (χ1n) is 6.10. The molecule has 2 aromatic rings. The predicted octanol–water partition coefficient (Wildman–Crippen LogP) is 2.54. The van der Waals surface area contributed by atoms with Gasteiger partial charge in [-0.15, -0.1) is 0 Å². The van der Waals surface area contributed by atoms with Gasteiger partial charge < -0.3 is 5.11 Å². The number of aryl methyl sites for hydroxylation is 1. The minimum Gasteiger partial charge on any atom is -0.477 e. The zero-order chi connectivity index (χ0) is 13.7. The molecular formula is C16H16NO2+. The average Bonchev–Trinajstić information content (AvgIpc) is 2.39. The quantitative estimate of drug-likeness (QED) is 0.852. The Labute approximate surface area is 112 Å². The van der Waals surface area contributed by atoms with Gasteiger partial charge in [0.15, 0.2) is 12.4 Å². The van der Waals surface area contributed by atoms with Crippen molar-refractivity contribution in [1.29, 1.82) is 0 Å². The molecule has 2 rings (SSSR count). The first-order chi connectivity index (χ1) is 9.15. The second-order valence-corrected chi connectivity index (χ2v) is 4.39. The fourth-order valence-corrected chi connectivity index (χ4v) is 1.80. The Morgan fingerprint density at radius 1 is 1.16 bits per heavy atom. The topological polar surface area (TPSA) is 41.2 Å². The zero-order valence-corrected chi connectivity index (χ0v) is 10.8. The Bertz CT molecular complexity index is 600. The summed E-state index contributed by atoms with van der Waals surface area (Å²) in [4.78, 5) is 10.6. The van der Waals surface area contributed by atoms with Crippen molar-refractivity contribution in [3.05, 3.63) is 65.5 Å². The van der Waals surface area contributed by atoms with Crippen LogP contribution in [0.4, 0.5) is 0 Å². The van der Waals surface area contributed by atoms with Crippen LogP contribution in [0.5, 0.6) is 0 Å². The molecule has 0 atom stereocenters. The molecule has 19 heavy (non-hydrogen) atoms. The van der Waals surface area contributed by atoms with Gasteiger partial charge in [-0.1, -0.05) is 36.4 Å². The van der Waals surface area contributed by atoms with E-state index >= 15 is 0 Å². The van der Waals surface area contributed by atoms with Crippen molar-refractivity contribution in [2.24, 2.45) is 0 Å². The highest BCUT2D eigenvalue weighted by atomic mass is 16.4. The Balaban J connectivity index is 2.11. The summed E-state index contributed by atoms with van der Waals surface area (Å²) >= 11 is 0. The van der Waals surface area contributed by atoms with Gasteiger partial charge in [-0.3, -0.25) is 0 Å². The summed E-state index contributed by atoms with van der Waals surface area (Å²) in [7, 11) is 0. The first kappa shape index (κ1) is 13.0. The molecule has 1 aromatic heterocycles. The molecule has 0 saturated carbocycles. The summed E-state index contributed by atoms with van der Waals surface area (Å²) < 4.78 is 1.63. The maximum Gasteiger partial charge on any atom is 0.370 e. The van der Waals surface area contributed by atoms with E-state index < -0.39 is 5.97 Å². The van der Waals surface area contributed by atoms with Crippen LogP contribution in [0, 0.1) is 6.92 Å². The van der Waals surface area contributed by atoms with E-state index in [4.69, 9.17) is 5.11 Å². The number of aliphatic carboxylic acids is 1. The number of carboxylic acid groups (broad SMARTS) is 1. The van der Waals surface area contributed by atoms with Crippen molar-refractivity contribution >= 4 is 18.1 Å². The van der Waals surface area contributed by atoms with Crippen LogP contribution in [0.2, 0.25) is 0 Å². The lowest BCUT2D eigenvalue weighted by molar-refractivity contribution is -0.685. The number of rotatable bonds is 4. The van der Waals surface area contributed by atoms with Crippen LogP contribution in [-0.4, -0.2) is 11.1 Å². The van der Waals surface area contributed by atoms with E-state index in [0.717, 1.165) is 5.56 Å². The Kier molecular flexibility index (Phi) is 4.08. The zero-order valence-electron chi connectivity index (χ0n) is 10.8. The molecule has 0 unspecified atom stereocenters. The Morgan fingerprint density at radius 2 is 1.84 bits per heavy atom. The number of nitrogens with zero attached hydrogens (tertiary/aromatic N) is 1. The van der Waals surface area contributed by atoms with Crippen LogP contribution in [0.3, 0.4) is 0 Å². The molecular weight excluding hydrogens is 238 g/mol. The maximum atomic E-state index is 10.6. The first-order valence-corrected chi connectivity index (χ1v) is 6.10. The monoisotopic (exact) mass is 254 g/mol. The summed E-state index contributed by atoms with van der Waals surface area (Å²) in [6.07, 6.45) is 7.62. The fraction of sp³-hybridized carbons (Fsp3) is 0.125. The largest absolute Gasteiger partial charge is 0.477 e. The molecule has 1 N–H and O–H groups in total. The van der Waals surface area contributed by atoms with Gasteiger partial charge in [0.2, 0.25) is 6.54 Å². The van der Waals surface area contributed by atoms with Crippen molar-refractivity contribution in [2.45, 2.75) is 13.5 Å². The number of hydrogen-bond acceptors (Lipinski definition) is 1. The van der Waals surface area contributed by atoms with Gasteiger partial charge in [-0.2, -0.15) is 4.57 Å². The Morgan fingerprint density at radius 3 is 2.47 bits per heavy atom. The van der Waals surface area contributed by atoms with Crippen LogP contribution < -0.4 is 4.57 Å². The highest BCUT2D eigenvalue weighted by molar-refractivity contribution is 5.70. The van der Waals surface area contributed by atoms with Gasteiger partial charge in [0.25, 0.3) is 0 Å². The van der Waals surface area contributed by atoms with Gasteiger partial charge in [-0.25, -0.2) is 4.79 Å². The van der Waals surface area contributed by atoms with Crippen molar-refractivity contribution in [3.8, 4) is 0 Å². The number of aromatic nitrogens is 1. The lowest BCUT2D eigenvalue weighted by atomic mass is 10.1. The summed E-state index contributed by atoms with van der Waals surface area (Å²) in [5, 5.41) is 8.68. The Hall–Kier alpha value is -2.42. The molecule has 0 aliphatic heterocycles. The fourth-order valence-electron chi connectivity index (χ4n) is 1.80. The molecule has 1 aromatic carbocycles. The van der Waals surface area contributed by atoms with E-state index in [9.17, 15) is 4.79 Å². The molecule has 3 nitrogen and oxygen atoms in total. The van der Waals surface area contributed by atoms with E-state index in [2.05, 4.69) is 25.1 Å². The van der Waals surface area contributed by atoms with E-state index in [1.54, 1.807) is 17.0 Å². The molecule has 96 valence electrons. The second kappa shape index (κ2) is 5.96. The van der Waals surface area contributed by atoms with Gasteiger partial charge in [-0.05, 0) is 23.6 Å². The summed E-state index contributed by atoms with van der Waals surface area (Å²) in [5.74, 6) is -0.840. The molecule has 1 heterocycles. The SMILES string of the molecule is Cc1ccccc1/C=C\c1cc[n+](CC(=O)O)cc1. The van der Waals surface area contributed by atoms with Gasteiger partial charge >= 0.3 is 5.97 Å². The molecule has 0 amide bonds. The highest BCUT2D eigenvalue weighted by Gasteiger charge is 2.05. The summed E-state index contributed by atoms with van der Waals surface area (Å²) in [5.41, 5.74) is 3.46. The minimum atomic E-state index is -0.840.